The van der Waals surface area contributed by atoms with Crippen molar-refractivity contribution in [2.24, 2.45) is 0 Å². The zero-order valence-corrected chi connectivity index (χ0v) is 8.97. The largest absolute Gasteiger partial charge is 0.252 e. The molecule has 2 aromatic rings. The lowest BCUT2D eigenvalue weighted by atomic mass is 9.97. The Bertz CT molecular complexity index is 455. The number of benzene rings is 1. The van der Waals surface area contributed by atoms with Gasteiger partial charge in [0.15, 0.2) is 0 Å². The normalized spacial score (nSPS) is 10.9. The van der Waals surface area contributed by atoms with Crippen LogP contribution in [-0.2, 0) is 0 Å². The zero-order chi connectivity index (χ0) is 10.3. The molecule has 2 heteroatoms. The van der Waals surface area contributed by atoms with Gasteiger partial charge in [-0.3, -0.25) is 4.98 Å². The maximum atomic E-state index is 4.33. The summed E-state index contributed by atoms with van der Waals surface area (Å²) in [7, 11) is 0. The first kappa shape index (κ1) is 9.13. The van der Waals surface area contributed by atoms with Gasteiger partial charge in [0.25, 0.3) is 0 Å². The molecule has 0 unspecified atom stereocenters. The van der Waals surface area contributed by atoms with E-state index in [1.807, 2.05) is 0 Å². The Kier molecular flexibility index (Phi) is 1.99. The van der Waals surface area contributed by atoms with E-state index in [2.05, 4.69) is 43.9 Å². The van der Waals surface area contributed by atoms with Gasteiger partial charge in [0.1, 0.15) is 6.20 Å². The van der Waals surface area contributed by atoms with E-state index in [1.165, 1.54) is 22.3 Å². The van der Waals surface area contributed by atoms with Gasteiger partial charge < -0.3 is 0 Å². The van der Waals surface area contributed by atoms with Gasteiger partial charge in [0.05, 0.1) is 17.2 Å². The summed E-state index contributed by atoms with van der Waals surface area (Å²) in [5.41, 5.74) is 7.05. The number of fused-ring (bicyclic) bond motifs is 1. The summed E-state index contributed by atoms with van der Waals surface area (Å²) in [6, 6.07) is 0. The van der Waals surface area contributed by atoms with E-state index >= 15 is 0 Å². The summed E-state index contributed by atoms with van der Waals surface area (Å²) in [6.45, 7) is 8.45. The van der Waals surface area contributed by atoms with Gasteiger partial charge in [-0.25, -0.2) is 4.98 Å². The minimum Gasteiger partial charge on any atom is -0.252 e. The molecule has 2 nitrogen and oxygen atoms in total. The first-order valence-electron chi connectivity index (χ1n) is 4.72. The third kappa shape index (κ3) is 1.10. The van der Waals surface area contributed by atoms with Crippen LogP contribution in [0.3, 0.4) is 0 Å². The van der Waals surface area contributed by atoms with Crippen LogP contribution in [0.2, 0.25) is 0 Å². The molecule has 2 rings (SSSR count). The SMILES string of the molecule is Cc1c(C)c(C)c2nc[c]nc2c1C. The van der Waals surface area contributed by atoms with Crippen molar-refractivity contribution < 1.29 is 0 Å². The molecule has 0 aliphatic rings. The quantitative estimate of drug-likeness (QED) is 0.630. The molecule has 0 saturated heterocycles. The Labute approximate surface area is 84.0 Å². The molecular weight excluding hydrogens is 172 g/mol. The van der Waals surface area contributed by atoms with Crippen LogP contribution in [0.4, 0.5) is 0 Å². The van der Waals surface area contributed by atoms with Crippen molar-refractivity contribution in [2.75, 3.05) is 0 Å². The van der Waals surface area contributed by atoms with Crippen molar-refractivity contribution in [3.63, 3.8) is 0 Å². The summed E-state index contributed by atoms with van der Waals surface area (Å²) in [5.74, 6) is 0. The van der Waals surface area contributed by atoms with Gasteiger partial charge in [-0.15, -0.1) is 0 Å². The molecule has 0 spiro atoms. The lowest BCUT2D eigenvalue weighted by Gasteiger charge is -2.11. The number of nitrogens with zero attached hydrogens (tertiary/aromatic N) is 2. The molecule has 0 fully saturated rings. The summed E-state index contributed by atoms with van der Waals surface area (Å²) < 4.78 is 0. The molecule has 14 heavy (non-hydrogen) atoms. The second kappa shape index (κ2) is 3.05. The monoisotopic (exact) mass is 185 g/mol. The van der Waals surface area contributed by atoms with Crippen molar-refractivity contribution in [3.05, 3.63) is 34.6 Å². The Morgan fingerprint density at radius 3 is 2.07 bits per heavy atom. The molecule has 0 aliphatic heterocycles. The maximum absolute atomic E-state index is 4.33. The lowest BCUT2D eigenvalue weighted by Crippen LogP contribution is -1.97. The Morgan fingerprint density at radius 1 is 0.857 bits per heavy atom. The highest BCUT2D eigenvalue weighted by molar-refractivity contribution is 5.83. The number of hydrogen-bond acceptors (Lipinski definition) is 2. The molecule has 0 N–H and O–H groups in total. The summed E-state index contributed by atoms with van der Waals surface area (Å²) >= 11 is 0. The first-order valence-corrected chi connectivity index (χ1v) is 4.72. The van der Waals surface area contributed by atoms with E-state index in [4.69, 9.17) is 0 Å². The van der Waals surface area contributed by atoms with Crippen molar-refractivity contribution in [1.82, 2.24) is 9.97 Å². The lowest BCUT2D eigenvalue weighted by molar-refractivity contribution is 1.18. The molecule has 1 radical (unpaired) electrons. The van der Waals surface area contributed by atoms with Gasteiger partial charge in [-0.2, -0.15) is 0 Å². The van der Waals surface area contributed by atoms with E-state index in [1.54, 1.807) is 6.20 Å². The molecule has 0 atom stereocenters. The molecule has 1 aromatic carbocycles. The van der Waals surface area contributed by atoms with E-state index in [-0.39, 0.29) is 0 Å². The molecule has 0 bridgehead atoms. The minimum absolute atomic E-state index is 0.980. The van der Waals surface area contributed by atoms with Crippen LogP contribution >= 0.6 is 0 Å². The van der Waals surface area contributed by atoms with Crippen molar-refractivity contribution in [2.45, 2.75) is 27.7 Å². The molecular formula is C12H13N2. The van der Waals surface area contributed by atoms with E-state index in [9.17, 15) is 0 Å². The van der Waals surface area contributed by atoms with Crippen LogP contribution in [0.25, 0.3) is 11.0 Å². The predicted molar refractivity (Wildman–Crippen MR) is 57.3 cm³/mol. The smallest absolute Gasteiger partial charge is 0.109 e. The second-order valence-electron chi connectivity index (χ2n) is 3.70. The van der Waals surface area contributed by atoms with E-state index in [0.717, 1.165) is 11.0 Å². The zero-order valence-electron chi connectivity index (χ0n) is 8.97. The number of hydrogen-bond donors (Lipinski definition) is 0. The summed E-state index contributed by atoms with van der Waals surface area (Å²) in [5, 5.41) is 0. The Hall–Kier alpha value is -1.44. The van der Waals surface area contributed by atoms with Gasteiger partial charge in [0.2, 0.25) is 0 Å². The van der Waals surface area contributed by atoms with Crippen LogP contribution in [-0.4, -0.2) is 9.97 Å². The van der Waals surface area contributed by atoms with Crippen LogP contribution in [0.1, 0.15) is 22.3 Å². The van der Waals surface area contributed by atoms with Crippen molar-refractivity contribution in [3.8, 4) is 0 Å². The van der Waals surface area contributed by atoms with Crippen LogP contribution in [0.15, 0.2) is 6.20 Å². The van der Waals surface area contributed by atoms with Crippen LogP contribution in [0.5, 0.6) is 0 Å². The standard InChI is InChI=1S/C12H13N2/c1-7-8(2)10(4)12-11(9(7)3)13-5-6-14-12/h5H,1-4H3. The minimum atomic E-state index is 0.980. The summed E-state index contributed by atoms with van der Waals surface area (Å²) in [4.78, 5) is 8.58. The molecule has 1 aromatic heterocycles. The highest BCUT2D eigenvalue weighted by Crippen LogP contribution is 2.25. The van der Waals surface area contributed by atoms with Crippen LogP contribution in [0, 0.1) is 33.9 Å². The highest BCUT2D eigenvalue weighted by Gasteiger charge is 2.09. The number of rotatable bonds is 0. The van der Waals surface area contributed by atoms with Crippen LogP contribution < -0.4 is 0 Å². The average Bonchev–Trinajstić information content (AvgIpc) is 2.23. The Balaban J connectivity index is 3.02. The second-order valence-corrected chi connectivity index (χ2v) is 3.70. The molecule has 71 valence electrons. The first-order chi connectivity index (χ1) is 6.63. The fourth-order valence-corrected chi connectivity index (χ4v) is 1.75. The van der Waals surface area contributed by atoms with Gasteiger partial charge in [-0.05, 0) is 49.9 Å². The number of aryl methyl sites for hydroxylation is 2. The van der Waals surface area contributed by atoms with Gasteiger partial charge in [-0.1, -0.05) is 0 Å². The molecule has 1 heterocycles. The number of aromatic nitrogens is 2. The highest BCUT2D eigenvalue weighted by atomic mass is 14.8. The molecule has 0 amide bonds. The van der Waals surface area contributed by atoms with Gasteiger partial charge in [0, 0.05) is 0 Å². The summed E-state index contributed by atoms with van der Waals surface area (Å²) in [6.07, 6.45) is 4.42. The maximum Gasteiger partial charge on any atom is 0.109 e. The predicted octanol–water partition coefficient (Wildman–Crippen LogP) is 2.66. The van der Waals surface area contributed by atoms with Crippen molar-refractivity contribution >= 4 is 11.0 Å². The third-order valence-electron chi connectivity index (χ3n) is 3.05. The average molecular weight is 185 g/mol. The fraction of sp³-hybridized carbons (Fsp3) is 0.333. The third-order valence-corrected chi connectivity index (χ3v) is 3.05. The molecule has 0 saturated carbocycles. The van der Waals surface area contributed by atoms with Gasteiger partial charge >= 0.3 is 0 Å². The Morgan fingerprint density at radius 2 is 1.43 bits per heavy atom. The van der Waals surface area contributed by atoms with E-state index in [0.29, 0.717) is 0 Å². The fourth-order valence-electron chi connectivity index (χ4n) is 1.75. The van der Waals surface area contributed by atoms with E-state index < -0.39 is 0 Å². The topological polar surface area (TPSA) is 25.8 Å². The van der Waals surface area contributed by atoms with Crippen molar-refractivity contribution in [1.29, 1.82) is 0 Å². The molecule has 0 aliphatic carbocycles.